The van der Waals surface area contributed by atoms with E-state index in [-0.39, 0.29) is 16.0 Å². The summed E-state index contributed by atoms with van der Waals surface area (Å²) in [6.07, 6.45) is 3.52. The van der Waals surface area contributed by atoms with Crippen molar-refractivity contribution in [2.24, 2.45) is 0 Å². The van der Waals surface area contributed by atoms with Gasteiger partial charge in [0, 0.05) is 18.9 Å². The third-order valence-electron chi connectivity index (χ3n) is 1.82. The number of rotatable bonds is 4. The molecule has 16 heavy (non-hydrogen) atoms. The molecule has 8 heteroatoms. The van der Waals surface area contributed by atoms with E-state index < -0.39 is 0 Å². The minimum atomic E-state index is -0.263. The Morgan fingerprint density at radius 3 is 3.06 bits per heavy atom. The summed E-state index contributed by atoms with van der Waals surface area (Å²) in [6, 6.07) is 1.83. The quantitative estimate of drug-likeness (QED) is 0.765. The number of nitrogens with one attached hydrogen (secondary N) is 1. The zero-order valence-corrected chi connectivity index (χ0v) is 9.15. The summed E-state index contributed by atoms with van der Waals surface area (Å²) in [5.74, 6) is -0.263. The fraction of sp³-hybridized carbons (Fsp3) is 0.250. The molecule has 0 saturated carbocycles. The molecule has 0 aliphatic heterocycles. The fourth-order valence-corrected chi connectivity index (χ4v) is 1.64. The first-order chi connectivity index (χ1) is 7.75. The van der Waals surface area contributed by atoms with Crippen molar-refractivity contribution in [1.82, 2.24) is 25.3 Å². The van der Waals surface area contributed by atoms with Gasteiger partial charge in [-0.1, -0.05) is 11.3 Å². The molecule has 0 atom stereocenters. The van der Waals surface area contributed by atoms with Crippen molar-refractivity contribution < 1.29 is 4.79 Å². The van der Waals surface area contributed by atoms with Gasteiger partial charge in [0.1, 0.15) is 0 Å². The molecule has 2 aromatic rings. The maximum absolute atomic E-state index is 11.5. The number of nitrogens with zero attached hydrogens (tertiary/aromatic N) is 4. The highest BCUT2D eigenvalue weighted by Gasteiger charge is 2.10. The molecule has 7 nitrogen and oxygen atoms in total. The molecule has 0 aliphatic rings. The number of carbonyl (C=O) groups excluding carboxylic acids is 1. The lowest BCUT2D eigenvalue weighted by atomic mass is 10.5. The second kappa shape index (κ2) is 4.71. The van der Waals surface area contributed by atoms with Gasteiger partial charge in [0.2, 0.25) is 10.1 Å². The Kier molecular flexibility index (Phi) is 3.10. The van der Waals surface area contributed by atoms with Gasteiger partial charge in [0.25, 0.3) is 5.91 Å². The van der Waals surface area contributed by atoms with Crippen LogP contribution in [0.5, 0.6) is 0 Å². The van der Waals surface area contributed by atoms with Crippen molar-refractivity contribution in [2.45, 2.75) is 6.54 Å². The molecule has 0 fully saturated rings. The maximum Gasteiger partial charge on any atom is 0.282 e. The van der Waals surface area contributed by atoms with Gasteiger partial charge in [-0.05, 0) is 6.07 Å². The minimum absolute atomic E-state index is 0.263. The lowest BCUT2D eigenvalue weighted by molar-refractivity contribution is 0.0951. The molecule has 2 rings (SSSR count). The van der Waals surface area contributed by atoms with Crippen LogP contribution >= 0.6 is 11.3 Å². The van der Waals surface area contributed by atoms with Crippen LogP contribution in [0.3, 0.4) is 0 Å². The summed E-state index contributed by atoms with van der Waals surface area (Å²) < 4.78 is 1.73. The number of hydrogen-bond donors (Lipinski definition) is 2. The summed E-state index contributed by atoms with van der Waals surface area (Å²) in [5.41, 5.74) is 5.37. The predicted molar refractivity (Wildman–Crippen MR) is 58.9 cm³/mol. The average Bonchev–Trinajstić information content (AvgIpc) is 2.89. The fourth-order valence-electron chi connectivity index (χ4n) is 1.12. The van der Waals surface area contributed by atoms with E-state index in [4.69, 9.17) is 5.73 Å². The van der Waals surface area contributed by atoms with E-state index in [1.54, 1.807) is 10.9 Å². The number of aromatic nitrogens is 4. The summed E-state index contributed by atoms with van der Waals surface area (Å²) in [6.45, 7) is 1.10. The van der Waals surface area contributed by atoms with Gasteiger partial charge in [0.05, 0.1) is 6.54 Å². The number of carbonyl (C=O) groups is 1. The molecular formula is C8H10N6OS. The van der Waals surface area contributed by atoms with Crippen LogP contribution in [0.25, 0.3) is 0 Å². The summed E-state index contributed by atoms with van der Waals surface area (Å²) in [5, 5.41) is 14.5. The molecule has 84 valence electrons. The highest BCUT2D eigenvalue weighted by molar-refractivity contribution is 7.16. The Morgan fingerprint density at radius 1 is 1.56 bits per heavy atom. The van der Waals surface area contributed by atoms with Crippen molar-refractivity contribution >= 4 is 22.4 Å². The van der Waals surface area contributed by atoms with Crippen molar-refractivity contribution in [1.29, 1.82) is 0 Å². The van der Waals surface area contributed by atoms with Crippen LogP contribution in [-0.4, -0.2) is 32.4 Å². The van der Waals surface area contributed by atoms with Gasteiger partial charge >= 0.3 is 0 Å². The van der Waals surface area contributed by atoms with Crippen LogP contribution in [0.15, 0.2) is 18.5 Å². The second-order valence-corrected chi connectivity index (χ2v) is 3.98. The molecule has 0 radical (unpaired) electrons. The molecule has 2 aromatic heterocycles. The van der Waals surface area contributed by atoms with Gasteiger partial charge in [0.15, 0.2) is 0 Å². The van der Waals surface area contributed by atoms with Gasteiger partial charge in [-0.25, -0.2) is 0 Å². The van der Waals surface area contributed by atoms with E-state index in [0.29, 0.717) is 13.1 Å². The molecule has 0 bridgehead atoms. The average molecular weight is 238 g/mol. The molecule has 0 unspecified atom stereocenters. The molecule has 1 amide bonds. The standard InChI is InChI=1S/C8H10N6OS/c9-8-13-12-7(16-8)6(15)10-3-5-14-4-1-2-11-14/h1-2,4H,3,5H2,(H2,9,13)(H,10,15). The maximum atomic E-state index is 11.5. The normalized spacial score (nSPS) is 10.2. The van der Waals surface area contributed by atoms with E-state index in [0.717, 1.165) is 11.3 Å². The van der Waals surface area contributed by atoms with E-state index in [9.17, 15) is 4.79 Å². The largest absolute Gasteiger partial charge is 0.374 e. The smallest absolute Gasteiger partial charge is 0.282 e. The zero-order valence-electron chi connectivity index (χ0n) is 8.33. The molecule has 0 saturated heterocycles. The molecule has 0 aromatic carbocycles. The van der Waals surface area contributed by atoms with Crippen molar-refractivity contribution in [3.8, 4) is 0 Å². The first-order valence-corrected chi connectivity index (χ1v) is 5.42. The number of nitrogen functional groups attached to an aromatic ring is 1. The zero-order chi connectivity index (χ0) is 11.4. The minimum Gasteiger partial charge on any atom is -0.374 e. The molecule has 3 N–H and O–H groups in total. The van der Waals surface area contributed by atoms with E-state index >= 15 is 0 Å². The predicted octanol–water partition coefficient (Wildman–Crippen LogP) is -0.253. The Bertz CT molecular complexity index is 465. The molecule has 0 spiro atoms. The summed E-state index contributed by atoms with van der Waals surface area (Å²) >= 11 is 1.06. The summed E-state index contributed by atoms with van der Waals surface area (Å²) in [7, 11) is 0. The first kappa shape index (κ1) is 10.6. The number of nitrogens with two attached hydrogens (primary N) is 1. The van der Waals surface area contributed by atoms with Gasteiger partial charge < -0.3 is 11.1 Å². The number of amides is 1. The van der Waals surface area contributed by atoms with Gasteiger partial charge in [-0.15, -0.1) is 10.2 Å². The van der Waals surface area contributed by atoms with E-state index in [1.165, 1.54) is 0 Å². The van der Waals surface area contributed by atoms with Crippen molar-refractivity contribution in [3.63, 3.8) is 0 Å². The highest BCUT2D eigenvalue weighted by atomic mass is 32.1. The van der Waals surface area contributed by atoms with Crippen LogP contribution in [0.1, 0.15) is 9.80 Å². The Hall–Kier alpha value is -1.96. The highest BCUT2D eigenvalue weighted by Crippen LogP contribution is 2.09. The van der Waals surface area contributed by atoms with Crippen molar-refractivity contribution in [2.75, 3.05) is 12.3 Å². The summed E-state index contributed by atoms with van der Waals surface area (Å²) in [4.78, 5) is 11.5. The van der Waals surface area contributed by atoms with Crippen LogP contribution in [0.2, 0.25) is 0 Å². The third-order valence-corrected chi connectivity index (χ3v) is 2.57. The van der Waals surface area contributed by atoms with E-state index in [1.807, 2.05) is 12.3 Å². The monoisotopic (exact) mass is 238 g/mol. The lowest BCUT2D eigenvalue weighted by Crippen LogP contribution is -2.27. The second-order valence-electron chi connectivity index (χ2n) is 2.97. The lowest BCUT2D eigenvalue weighted by Gasteiger charge is -2.02. The van der Waals surface area contributed by atoms with Gasteiger partial charge in [-0.3, -0.25) is 9.48 Å². The topological polar surface area (TPSA) is 98.7 Å². The SMILES string of the molecule is Nc1nnc(C(=O)NCCn2cccn2)s1. The Morgan fingerprint density at radius 2 is 2.44 bits per heavy atom. The van der Waals surface area contributed by atoms with Crippen LogP contribution in [0.4, 0.5) is 5.13 Å². The van der Waals surface area contributed by atoms with Gasteiger partial charge in [-0.2, -0.15) is 5.10 Å². The third kappa shape index (κ3) is 2.54. The van der Waals surface area contributed by atoms with Crippen LogP contribution < -0.4 is 11.1 Å². The molecule has 0 aliphatic carbocycles. The van der Waals surface area contributed by atoms with E-state index in [2.05, 4.69) is 20.6 Å². The number of anilines is 1. The molecule has 2 heterocycles. The Labute approximate surface area is 95.3 Å². The van der Waals surface area contributed by atoms with Crippen LogP contribution in [0, 0.1) is 0 Å². The van der Waals surface area contributed by atoms with Crippen molar-refractivity contribution in [3.05, 3.63) is 23.5 Å². The number of hydrogen-bond acceptors (Lipinski definition) is 6. The Balaban J connectivity index is 1.80. The first-order valence-electron chi connectivity index (χ1n) is 4.60. The molecular weight excluding hydrogens is 228 g/mol. The van der Waals surface area contributed by atoms with Crippen LogP contribution in [-0.2, 0) is 6.54 Å².